The van der Waals surface area contributed by atoms with Gasteiger partial charge in [-0.25, -0.2) is 19.3 Å². The summed E-state index contributed by atoms with van der Waals surface area (Å²) in [7, 11) is 0. The molecule has 3 aromatic rings. The topological polar surface area (TPSA) is 116 Å². The van der Waals surface area contributed by atoms with Gasteiger partial charge in [0.25, 0.3) is 0 Å². The van der Waals surface area contributed by atoms with Crippen molar-refractivity contribution in [2.45, 2.75) is 32.2 Å². The van der Waals surface area contributed by atoms with Gasteiger partial charge in [0.05, 0.1) is 12.6 Å². The summed E-state index contributed by atoms with van der Waals surface area (Å²) in [6.07, 6.45) is 0.405. The molecule has 156 valence electrons. The smallest absolute Gasteiger partial charge is 0.408 e. The minimum absolute atomic E-state index is 0.134. The summed E-state index contributed by atoms with van der Waals surface area (Å²) in [6.45, 7) is 2.10. The number of alkyl carbamates (subject to hydrolysis) is 1. The molecular formula is C21H22N4O5. The van der Waals surface area contributed by atoms with Gasteiger partial charge in [-0.1, -0.05) is 42.5 Å². The Morgan fingerprint density at radius 2 is 1.87 bits per heavy atom. The van der Waals surface area contributed by atoms with Crippen LogP contribution in [0.2, 0.25) is 0 Å². The first-order chi connectivity index (χ1) is 14.5. The molecule has 2 atom stereocenters. The Morgan fingerprint density at radius 1 is 1.13 bits per heavy atom. The molecule has 1 heterocycles. The number of hydrogen-bond acceptors (Lipinski definition) is 6. The Balaban J connectivity index is 1.51. The van der Waals surface area contributed by atoms with Gasteiger partial charge in [-0.15, -0.1) is 0 Å². The minimum Gasteiger partial charge on any atom is -0.489 e. The molecule has 2 N–H and O–H groups in total. The fourth-order valence-corrected chi connectivity index (χ4v) is 2.68. The quantitative estimate of drug-likeness (QED) is 0.557. The van der Waals surface area contributed by atoms with Crippen molar-refractivity contribution >= 4 is 12.1 Å². The second-order valence-electron chi connectivity index (χ2n) is 6.56. The zero-order valence-electron chi connectivity index (χ0n) is 16.3. The Hall–Kier alpha value is -3.88. The van der Waals surface area contributed by atoms with Crippen LogP contribution in [0.3, 0.4) is 0 Å². The Bertz CT molecular complexity index is 945. The second kappa shape index (κ2) is 10.1. The van der Waals surface area contributed by atoms with E-state index in [9.17, 15) is 14.7 Å². The largest absolute Gasteiger partial charge is 0.489 e. The molecule has 0 unspecified atom stereocenters. The lowest BCUT2D eigenvalue weighted by molar-refractivity contribution is -0.147. The standard InChI is InChI=1S/C21H22N4O5/c1-15(24-21(28)30-19(20(26)27)11-25-14-22-13-23-25)17-7-9-18(10-8-17)29-12-16-5-3-2-4-6-16/h2-10,13-15,19H,11-12H2,1H3,(H,24,28)(H,26,27)/t15-,19+/m0/s1. The molecule has 9 heteroatoms. The second-order valence-corrected chi connectivity index (χ2v) is 6.56. The Labute approximate surface area is 173 Å². The fourth-order valence-electron chi connectivity index (χ4n) is 2.68. The fraction of sp³-hybridized carbons (Fsp3) is 0.238. The summed E-state index contributed by atoms with van der Waals surface area (Å²) < 4.78 is 12.1. The minimum atomic E-state index is -1.38. The molecule has 0 radical (unpaired) electrons. The van der Waals surface area contributed by atoms with Crippen LogP contribution in [0.4, 0.5) is 4.79 Å². The highest BCUT2D eigenvalue weighted by molar-refractivity contribution is 5.77. The SMILES string of the molecule is C[C@H](NC(=O)O[C@H](Cn1cncn1)C(=O)O)c1ccc(OCc2ccccc2)cc1. The molecule has 0 fully saturated rings. The molecular weight excluding hydrogens is 388 g/mol. The lowest BCUT2D eigenvalue weighted by atomic mass is 10.1. The van der Waals surface area contributed by atoms with Crippen LogP contribution in [-0.4, -0.2) is 38.0 Å². The highest BCUT2D eigenvalue weighted by atomic mass is 16.6. The van der Waals surface area contributed by atoms with Gasteiger partial charge >= 0.3 is 12.1 Å². The molecule has 0 aliphatic heterocycles. The van der Waals surface area contributed by atoms with E-state index in [2.05, 4.69) is 15.4 Å². The molecule has 1 amide bonds. The lowest BCUT2D eigenvalue weighted by Crippen LogP contribution is -2.37. The summed E-state index contributed by atoms with van der Waals surface area (Å²) in [4.78, 5) is 27.2. The predicted octanol–water partition coefficient (Wildman–Crippen LogP) is 2.80. The number of benzene rings is 2. The molecule has 0 bridgehead atoms. The number of carbonyl (C=O) groups is 2. The molecule has 1 aromatic heterocycles. The van der Waals surface area contributed by atoms with E-state index in [1.165, 1.54) is 17.3 Å². The summed E-state index contributed by atoms with van der Waals surface area (Å²) in [6, 6.07) is 16.7. The molecule has 3 rings (SSSR count). The van der Waals surface area contributed by atoms with Gasteiger partial charge in [0, 0.05) is 0 Å². The van der Waals surface area contributed by atoms with Gasteiger partial charge in [0.1, 0.15) is 25.0 Å². The van der Waals surface area contributed by atoms with Gasteiger partial charge in [0.2, 0.25) is 6.10 Å². The van der Waals surface area contributed by atoms with E-state index in [0.717, 1.165) is 11.1 Å². The summed E-state index contributed by atoms with van der Waals surface area (Å²) in [5, 5.41) is 15.7. The van der Waals surface area contributed by atoms with Gasteiger partial charge in [0.15, 0.2) is 0 Å². The molecule has 0 saturated heterocycles. The maximum atomic E-state index is 12.1. The van der Waals surface area contributed by atoms with Crippen LogP contribution >= 0.6 is 0 Å². The van der Waals surface area contributed by atoms with E-state index >= 15 is 0 Å². The van der Waals surface area contributed by atoms with Crippen molar-refractivity contribution in [3.8, 4) is 5.75 Å². The highest BCUT2D eigenvalue weighted by Crippen LogP contribution is 2.19. The maximum absolute atomic E-state index is 12.1. The summed E-state index contributed by atoms with van der Waals surface area (Å²) in [5.41, 5.74) is 1.89. The van der Waals surface area contributed by atoms with Crippen molar-refractivity contribution < 1.29 is 24.2 Å². The lowest BCUT2D eigenvalue weighted by Gasteiger charge is -2.18. The number of rotatable bonds is 9. The molecule has 2 aromatic carbocycles. The zero-order chi connectivity index (χ0) is 21.3. The monoisotopic (exact) mass is 410 g/mol. The van der Waals surface area contributed by atoms with E-state index in [4.69, 9.17) is 9.47 Å². The molecule has 30 heavy (non-hydrogen) atoms. The van der Waals surface area contributed by atoms with Crippen molar-refractivity contribution in [1.82, 2.24) is 20.1 Å². The van der Waals surface area contributed by atoms with E-state index in [1.54, 1.807) is 6.92 Å². The van der Waals surface area contributed by atoms with Crippen molar-refractivity contribution in [3.05, 3.63) is 78.4 Å². The van der Waals surface area contributed by atoms with Crippen LogP contribution in [0.5, 0.6) is 5.75 Å². The van der Waals surface area contributed by atoms with Gasteiger partial charge in [-0.3, -0.25) is 0 Å². The van der Waals surface area contributed by atoms with Crippen LogP contribution in [0.25, 0.3) is 0 Å². The number of hydrogen-bond donors (Lipinski definition) is 2. The number of amides is 1. The molecule has 0 aliphatic carbocycles. The molecule has 9 nitrogen and oxygen atoms in total. The number of nitrogens with zero attached hydrogens (tertiary/aromatic N) is 3. The molecule has 0 aliphatic rings. The van der Waals surface area contributed by atoms with E-state index in [0.29, 0.717) is 12.4 Å². The molecule has 0 spiro atoms. The summed E-state index contributed by atoms with van der Waals surface area (Å²) >= 11 is 0. The van der Waals surface area contributed by atoms with Gasteiger partial charge in [-0.2, -0.15) is 5.10 Å². The number of carbonyl (C=O) groups excluding carboxylic acids is 1. The van der Waals surface area contributed by atoms with E-state index in [1.807, 2.05) is 54.6 Å². The van der Waals surface area contributed by atoms with Crippen LogP contribution in [0.15, 0.2) is 67.3 Å². The number of carboxylic acids is 1. The normalized spacial score (nSPS) is 12.6. The Kier molecular flexibility index (Phi) is 6.99. The van der Waals surface area contributed by atoms with Gasteiger partial charge in [-0.05, 0) is 30.2 Å². The highest BCUT2D eigenvalue weighted by Gasteiger charge is 2.24. The third kappa shape index (κ3) is 6.06. The first-order valence-electron chi connectivity index (χ1n) is 9.30. The van der Waals surface area contributed by atoms with Crippen LogP contribution in [0.1, 0.15) is 24.1 Å². The summed E-state index contributed by atoms with van der Waals surface area (Å²) in [5.74, 6) is -0.565. The van der Waals surface area contributed by atoms with Crippen LogP contribution < -0.4 is 10.1 Å². The van der Waals surface area contributed by atoms with E-state index < -0.39 is 18.2 Å². The Morgan fingerprint density at radius 3 is 2.50 bits per heavy atom. The number of aromatic nitrogens is 3. The average molecular weight is 410 g/mol. The maximum Gasteiger partial charge on any atom is 0.408 e. The van der Waals surface area contributed by atoms with Crippen molar-refractivity contribution in [2.24, 2.45) is 0 Å². The predicted molar refractivity (Wildman–Crippen MR) is 107 cm³/mol. The van der Waals surface area contributed by atoms with Crippen molar-refractivity contribution in [2.75, 3.05) is 0 Å². The first kappa shape index (κ1) is 20.8. The number of aliphatic carboxylic acids is 1. The third-order valence-corrected chi connectivity index (χ3v) is 4.31. The zero-order valence-corrected chi connectivity index (χ0v) is 16.3. The van der Waals surface area contributed by atoms with Crippen molar-refractivity contribution in [1.29, 1.82) is 0 Å². The molecule has 0 saturated carbocycles. The van der Waals surface area contributed by atoms with Crippen molar-refractivity contribution in [3.63, 3.8) is 0 Å². The number of carboxylic acid groups (broad SMARTS) is 1. The number of nitrogens with one attached hydrogen (secondary N) is 1. The van der Waals surface area contributed by atoms with E-state index in [-0.39, 0.29) is 12.6 Å². The first-order valence-corrected chi connectivity index (χ1v) is 9.30. The van der Waals surface area contributed by atoms with Crippen LogP contribution in [0, 0.1) is 0 Å². The van der Waals surface area contributed by atoms with Crippen LogP contribution in [-0.2, 0) is 22.7 Å². The number of ether oxygens (including phenoxy) is 2. The third-order valence-electron chi connectivity index (χ3n) is 4.31. The average Bonchev–Trinajstić information content (AvgIpc) is 3.26. The van der Waals surface area contributed by atoms with Gasteiger partial charge < -0.3 is 19.9 Å².